The average Bonchev–Trinajstić information content (AvgIpc) is 2.96. The third-order valence-corrected chi connectivity index (χ3v) is 3.92. The fraction of sp³-hybridized carbons (Fsp3) is 0.636. The predicted molar refractivity (Wildman–Crippen MR) is 58.6 cm³/mol. The number of likely N-dealkylation sites (tertiary alicyclic amines) is 1. The van der Waals surface area contributed by atoms with Crippen LogP contribution in [0.1, 0.15) is 0 Å². The topological polar surface area (TPSA) is 98.7 Å². The molecule has 3 aliphatic rings. The van der Waals surface area contributed by atoms with Crippen molar-refractivity contribution in [2.75, 3.05) is 19.6 Å². The van der Waals surface area contributed by atoms with Crippen LogP contribution in [0.15, 0.2) is 12.2 Å². The maximum Gasteiger partial charge on any atom is 0.236 e. The van der Waals surface area contributed by atoms with Gasteiger partial charge >= 0.3 is 0 Å². The highest BCUT2D eigenvalue weighted by atomic mass is 16.5. The van der Waals surface area contributed by atoms with Gasteiger partial charge in [0.25, 0.3) is 0 Å². The van der Waals surface area contributed by atoms with Gasteiger partial charge in [-0.05, 0) is 0 Å². The second-order valence-electron chi connectivity index (χ2n) is 4.72. The molecule has 3 aliphatic heterocycles. The third-order valence-electron chi connectivity index (χ3n) is 3.92. The first-order valence-electron chi connectivity index (χ1n) is 5.77. The normalized spacial score (nSPS) is 42.7. The molecule has 6 heteroatoms. The van der Waals surface area contributed by atoms with Crippen molar-refractivity contribution in [2.24, 2.45) is 23.3 Å². The molecule has 2 saturated heterocycles. The van der Waals surface area contributed by atoms with Crippen molar-refractivity contribution in [3.05, 3.63) is 12.2 Å². The molecule has 0 spiro atoms. The molecule has 92 valence electrons. The fourth-order valence-corrected chi connectivity index (χ4v) is 3.15. The number of nitrogens with zero attached hydrogens (tertiary/aromatic N) is 1. The Bertz CT molecular complexity index is 422. The number of rotatable bonds is 3. The quantitative estimate of drug-likeness (QED) is 0.446. The molecule has 17 heavy (non-hydrogen) atoms. The average molecular weight is 237 g/mol. The lowest BCUT2D eigenvalue weighted by molar-refractivity contribution is -0.143. The Morgan fingerprint density at radius 2 is 2.12 bits per heavy atom. The number of ether oxygens (including phenoxy) is 1. The van der Waals surface area contributed by atoms with E-state index in [-0.39, 0.29) is 37.6 Å². The van der Waals surface area contributed by atoms with Crippen LogP contribution in [0.5, 0.6) is 0 Å². The molecule has 0 aromatic heterocycles. The summed E-state index contributed by atoms with van der Waals surface area (Å²) in [6.07, 6.45) is 3.36. The van der Waals surface area contributed by atoms with Crippen molar-refractivity contribution in [3.63, 3.8) is 0 Å². The molecule has 4 N–H and O–H groups in total. The van der Waals surface area contributed by atoms with Gasteiger partial charge in [0.05, 0.1) is 17.9 Å². The Labute approximate surface area is 98.6 Å². The van der Waals surface area contributed by atoms with Crippen LogP contribution >= 0.6 is 0 Å². The fourth-order valence-electron chi connectivity index (χ4n) is 3.15. The molecule has 0 aromatic rings. The van der Waals surface area contributed by atoms with Gasteiger partial charge in [0.2, 0.25) is 11.8 Å². The third kappa shape index (κ3) is 1.15. The SMILES string of the molecule is NCCN1C(=O)C2C3C=CC(CN)(O3)C2C1=O. The second-order valence-corrected chi connectivity index (χ2v) is 4.72. The van der Waals surface area contributed by atoms with Gasteiger partial charge in [-0.3, -0.25) is 14.5 Å². The lowest BCUT2D eigenvalue weighted by atomic mass is 9.77. The van der Waals surface area contributed by atoms with Crippen LogP contribution in [0.4, 0.5) is 0 Å². The van der Waals surface area contributed by atoms with Gasteiger partial charge in [-0.15, -0.1) is 0 Å². The molecule has 0 aromatic carbocycles. The highest BCUT2D eigenvalue weighted by Crippen LogP contribution is 2.51. The van der Waals surface area contributed by atoms with Crippen LogP contribution in [0.3, 0.4) is 0 Å². The first-order valence-corrected chi connectivity index (χ1v) is 5.77. The van der Waals surface area contributed by atoms with Gasteiger partial charge in [0.15, 0.2) is 0 Å². The summed E-state index contributed by atoms with van der Waals surface area (Å²) in [5, 5.41) is 0. The summed E-state index contributed by atoms with van der Waals surface area (Å²) in [6, 6.07) is 0. The number of amides is 2. The monoisotopic (exact) mass is 237 g/mol. The minimum absolute atomic E-state index is 0.171. The first-order chi connectivity index (χ1) is 8.14. The van der Waals surface area contributed by atoms with Crippen molar-refractivity contribution in [1.82, 2.24) is 4.90 Å². The van der Waals surface area contributed by atoms with Crippen LogP contribution < -0.4 is 11.5 Å². The first kappa shape index (κ1) is 10.9. The molecule has 0 aliphatic carbocycles. The highest BCUT2D eigenvalue weighted by Gasteiger charge is 2.66. The number of imide groups is 1. The Morgan fingerprint density at radius 3 is 2.76 bits per heavy atom. The number of hydrogen-bond acceptors (Lipinski definition) is 5. The zero-order chi connectivity index (χ0) is 12.2. The van der Waals surface area contributed by atoms with Crippen molar-refractivity contribution in [2.45, 2.75) is 11.7 Å². The molecule has 6 nitrogen and oxygen atoms in total. The van der Waals surface area contributed by atoms with Crippen LogP contribution in [0, 0.1) is 11.8 Å². The van der Waals surface area contributed by atoms with Crippen LogP contribution in [-0.4, -0.2) is 48.1 Å². The Hall–Kier alpha value is -1.24. The molecule has 4 unspecified atom stereocenters. The Morgan fingerprint density at radius 1 is 1.35 bits per heavy atom. The van der Waals surface area contributed by atoms with E-state index in [2.05, 4.69) is 0 Å². The lowest BCUT2D eigenvalue weighted by Crippen LogP contribution is -2.46. The predicted octanol–water partition coefficient (Wildman–Crippen LogP) is -1.79. The van der Waals surface area contributed by atoms with Crippen molar-refractivity contribution in [1.29, 1.82) is 0 Å². The summed E-state index contributed by atoms with van der Waals surface area (Å²) < 4.78 is 5.71. The number of carbonyl (C=O) groups excluding carboxylic acids is 2. The molecule has 2 fully saturated rings. The molecular formula is C11H15N3O3. The molecule has 3 heterocycles. The Kier molecular flexibility index (Phi) is 2.16. The molecule has 2 amide bonds. The summed E-state index contributed by atoms with van der Waals surface area (Å²) in [4.78, 5) is 25.6. The van der Waals surface area contributed by atoms with Crippen LogP contribution in [-0.2, 0) is 14.3 Å². The maximum atomic E-state index is 12.2. The van der Waals surface area contributed by atoms with E-state index in [0.29, 0.717) is 0 Å². The highest BCUT2D eigenvalue weighted by molar-refractivity contribution is 6.07. The summed E-state index contributed by atoms with van der Waals surface area (Å²) in [5.41, 5.74) is 10.3. The summed E-state index contributed by atoms with van der Waals surface area (Å²) in [5.74, 6) is -1.22. The standard InChI is InChI=1S/C11H15N3O3/c12-3-4-14-9(15)7-6-1-2-11(5-13,17-6)8(7)10(14)16/h1-2,6-8H,3-5,12-13H2. The van der Waals surface area contributed by atoms with Crippen LogP contribution in [0.25, 0.3) is 0 Å². The van der Waals surface area contributed by atoms with Gasteiger partial charge < -0.3 is 16.2 Å². The Balaban J connectivity index is 1.99. The maximum absolute atomic E-state index is 12.2. The van der Waals surface area contributed by atoms with Crippen molar-refractivity contribution >= 4 is 11.8 Å². The van der Waals surface area contributed by atoms with E-state index in [0.717, 1.165) is 0 Å². The molecule has 0 radical (unpaired) electrons. The van der Waals surface area contributed by atoms with E-state index < -0.39 is 17.4 Å². The molecule has 2 bridgehead atoms. The largest absolute Gasteiger partial charge is 0.361 e. The van der Waals surface area contributed by atoms with Crippen molar-refractivity contribution in [3.8, 4) is 0 Å². The molecule has 3 rings (SSSR count). The lowest BCUT2D eigenvalue weighted by Gasteiger charge is -2.26. The van der Waals surface area contributed by atoms with Crippen molar-refractivity contribution < 1.29 is 14.3 Å². The van der Waals surface area contributed by atoms with Gasteiger partial charge in [0, 0.05) is 19.6 Å². The minimum Gasteiger partial charge on any atom is -0.361 e. The minimum atomic E-state index is -0.772. The smallest absolute Gasteiger partial charge is 0.236 e. The van der Waals surface area contributed by atoms with E-state index in [1.54, 1.807) is 0 Å². The van der Waals surface area contributed by atoms with E-state index >= 15 is 0 Å². The zero-order valence-corrected chi connectivity index (χ0v) is 9.33. The van der Waals surface area contributed by atoms with Gasteiger partial charge in [-0.25, -0.2) is 0 Å². The van der Waals surface area contributed by atoms with Gasteiger partial charge in [-0.2, -0.15) is 0 Å². The molecule has 4 atom stereocenters. The van der Waals surface area contributed by atoms with E-state index in [9.17, 15) is 9.59 Å². The number of hydrogen-bond donors (Lipinski definition) is 2. The summed E-state index contributed by atoms with van der Waals surface area (Å²) >= 11 is 0. The molecule has 0 saturated carbocycles. The van der Waals surface area contributed by atoms with E-state index in [1.807, 2.05) is 12.2 Å². The molecular weight excluding hydrogens is 222 g/mol. The van der Waals surface area contributed by atoms with Crippen LogP contribution in [0.2, 0.25) is 0 Å². The number of fused-ring (bicyclic) bond motifs is 5. The van der Waals surface area contributed by atoms with Gasteiger partial charge in [0.1, 0.15) is 5.60 Å². The second kappa shape index (κ2) is 3.38. The number of carbonyl (C=O) groups is 2. The van der Waals surface area contributed by atoms with E-state index in [1.165, 1.54) is 4.90 Å². The van der Waals surface area contributed by atoms with E-state index in [4.69, 9.17) is 16.2 Å². The summed E-state index contributed by atoms with van der Waals surface area (Å²) in [7, 11) is 0. The summed E-state index contributed by atoms with van der Waals surface area (Å²) in [6.45, 7) is 0.778. The van der Waals surface area contributed by atoms with Gasteiger partial charge in [-0.1, -0.05) is 12.2 Å². The number of nitrogens with two attached hydrogens (primary N) is 2. The zero-order valence-electron chi connectivity index (χ0n) is 9.33.